The Morgan fingerprint density at radius 3 is 2.73 bits per heavy atom. The van der Waals surface area contributed by atoms with Crippen LogP contribution in [0, 0.1) is 0 Å². The zero-order valence-electron chi connectivity index (χ0n) is 16.1. The maximum Gasteiger partial charge on any atom is 0.417 e. The highest BCUT2D eigenvalue weighted by Crippen LogP contribution is 2.41. The Labute approximate surface area is 175 Å². The van der Waals surface area contributed by atoms with Gasteiger partial charge in [0.1, 0.15) is 0 Å². The lowest BCUT2D eigenvalue weighted by molar-refractivity contribution is -0.136. The number of hydrogen-bond acceptors (Lipinski definition) is 4. The summed E-state index contributed by atoms with van der Waals surface area (Å²) in [6, 6.07) is 11.7. The Bertz CT molecular complexity index is 1220. The highest BCUT2D eigenvalue weighted by Gasteiger charge is 2.34. The minimum Gasteiger partial charge on any atom is -0.301 e. The molecule has 0 aliphatic carbocycles. The van der Waals surface area contributed by atoms with E-state index in [-0.39, 0.29) is 11.3 Å². The van der Waals surface area contributed by atoms with E-state index in [1.807, 2.05) is 25.2 Å². The van der Waals surface area contributed by atoms with Crippen LogP contribution in [0.3, 0.4) is 0 Å². The zero-order valence-corrected chi connectivity index (χ0v) is 17.0. The lowest BCUT2D eigenvalue weighted by Gasteiger charge is -2.33. The Morgan fingerprint density at radius 1 is 1.10 bits per heavy atom. The topological polar surface area (TPSA) is 29.0 Å². The van der Waals surface area contributed by atoms with Gasteiger partial charge in [0.15, 0.2) is 0 Å². The minimum atomic E-state index is -4.34. The van der Waals surface area contributed by atoms with Gasteiger partial charge in [0.2, 0.25) is 0 Å². The highest BCUT2D eigenvalue weighted by molar-refractivity contribution is 7.17. The maximum absolute atomic E-state index is 13.4. The number of nitrogens with zero attached hydrogens (tertiary/aromatic N) is 3. The SMILES string of the molecule is CN1Cc2cc(-c3cnccn3)ccc2C(c2ccc3scc(C(F)(F)F)c3c2)C1. The van der Waals surface area contributed by atoms with Crippen molar-refractivity contribution in [1.82, 2.24) is 14.9 Å². The van der Waals surface area contributed by atoms with E-state index >= 15 is 0 Å². The van der Waals surface area contributed by atoms with Crippen LogP contribution < -0.4 is 0 Å². The molecule has 0 amide bonds. The van der Waals surface area contributed by atoms with E-state index in [1.165, 1.54) is 10.9 Å². The third-order valence-corrected chi connectivity index (χ3v) is 6.58. The van der Waals surface area contributed by atoms with Crippen LogP contribution in [0.4, 0.5) is 13.2 Å². The summed E-state index contributed by atoms with van der Waals surface area (Å²) < 4.78 is 40.9. The van der Waals surface area contributed by atoms with Crippen LogP contribution >= 0.6 is 11.3 Å². The molecular weight excluding hydrogens is 407 g/mol. The normalized spacial score (nSPS) is 17.3. The van der Waals surface area contributed by atoms with Crippen LogP contribution in [0.2, 0.25) is 0 Å². The third kappa shape index (κ3) is 3.38. The largest absolute Gasteiger partial charge is 0.417 e. The van der Waals surface area contributed by atoms with Crippen molar-refractivity contribution in [2.75, 3.05) is 13.6 Å². The summed E-state index contributed by atoms with van der Waals surface area (Å²) in [5, 5.41) is 1.50. The second-order valence-corrected chi connectivity index (χ2v) is 8.57. The molecule has 1 unspecified atom stereocenters. The molecule has 30 heavy (non-hydrogen) atoms. The van der Waals surface area contributed by atoms with Crippen molar-refractivity contribution in [2.24, 2.45) is 0 Å². The Balaban J connectivity index is 1.59. The van der Waals surface area contributed by atoms with E-state index in [9.17, 15) is 13.2 Å². The van der Waals surface area contributed by atoms with E-state index in [0.717, 1.165) is 46.8 Å². The number of fused-ring (bicyclic) bond motifs is 2. The average Bonchev–Trinajstić information content (AvgIpc) is 3.17. The van der Waals surface area contributed by atoms with E-state index in [1.54, 1.807) is 24.7 Å². The predicted octanol–water partition coefficient (Wildman–Crippen LogP) is 5.95. The molecule has 5 rings (SSSR count). The minimum absolute atomic E-state index is 0.0139. The van der Waals surface area contributed by atoms with Gasteiger partial charge in [-0.15, -0.1) is 11.3 Å². The first-order valence-electron chi connectivity index (χ1n) is 9.56. The monoisotopic (exact) mass is 425 g/mol. The van der Waals surface area contributed by atoms with Gasteiger partial charge in [-0.25, -0.2) is 0 Å². The molecule has 7 heteroatoms. The fourth-order valence-electron chi connectivity index (χ4n) is 4.22. The number of thiophene rings is 1. The van der Waals surface area contributed by atoms with Crippen molar-refractivity contribution < 1.29 is 13.2 Å². The molecule has 1 atom stereocenters. The Hall–Kier alpha value is -2.77. The first-order chi connectivity index (χ1) is 14.4. The van der Waals surface area contributed by atoms with Crippen molar-refractivity contribution in [2.45, 2.75) is 18.6 Å². The highest BCUT2D eigenvalue weighted by atomic mass is 32.1. The molecule has 3 nitrogen and oxygen atoms in total. The van der Waals surface area contributed by atoms with Crippen LogP contribution in [0.5, 0.6) is 0 Å². The number of rotatable bonds is 2. The van der Waals surface area contributed by atoms with Gasteiger partial charge < -0.3 is 4.90 Å². The van der Waals surface area contributed by atoms with Crippen molar-refractivity contribution in [3.63, 3.8) is 0 Å². The molecule has 0 bridgehead atoms. The second kappa shape index (κ2) is 7.18. The average molecular weight is 425 g/mol. The molecule has 0 spiro atoms. The van der Waals surface area contributed by atoms with Crippen molar-refractivity contribution >= 4 is 21.4 Å². The predicted molar refractivity (Wildman–Crippen MR) is 112 cm³/mol. The quantitative estimate of drug-likeness (QED) is 0.397. The van der Waals surface area contributed by atoms with Gasteiger partial charge in [-0.2, -0.15) is 13.2 Å². The van der Waals surface area contributed by atoms with Gasteiger partial charge in [0.25, 0.3) is 0 Å². The molecule has 0 N–H and O–H groups in total. The third-order valence-electron chi connectivity index (χ3n) is 5.62. The number of hydrogen-bond donors (Lipinski definition) is 0. The number of halogens is 3. The molecule has 4 aromatic rings. The van der Waals surface area contributed by atoms with Gasteiger partial charge in [-0.05, 0) is 41.9 Å². The van der Waals surface area contributed by atoms with Gasteiger partial charge in [-0.1, -0.05) is 18.2 Å². The molecule has 0 radical (unpaired) electrons. The smallest absolute Gasteiger partial charge is 0.301 e. The standard InChI is InChI=1S/C23H18F3N3S/c1-29-11-16-8-15(21-10-27-6-7-28-21)2-4-17(16)19(12-29)14-3-5-22-18(9-14)20(13-30-22)23(24,25)26/h2-10,13,19H,11-12H2,1H3. The van der Waals surface area contributed by atoms with E-state index in [2.05, 4.69) is 27.0 Å². The zero-order chi connectivity index (χ0) is 20.9. The number of aromatic nitrogens is 2. The summed E-state index contributed by atoms with van der Waals surface area (Å²) >= 11 is 1.14. The lowest BCUT2D eigenvalue weighted by atomic mass is 9.83. The molecule has 0 saturated carbocycles. The van der Waals surface area contributed by atoms with Crippen LogP contribution in [0.1, 0.15) is 28.2 Å². The molecule has 3 heterocycles. The summed E-state index contributed by atoms with van der Waals surface area (Å²) in [4.78, 5) is 10.7. The van der Waals surface area contributed by atoms with Crippen LogP contribution in [-0.2, 0) is 12.7 Å². The number of benzene rings is 2. The maximum atomic E-state index is 13.4. The van der Waals surface area contributed by atoms with E-state index < -0.39 is 11.7 Å². The summed E-state index contributed by atoms with van der Waals surface area (Å²) in [5.41, 5.74) is 4.48. The summed E-state index contributed by atoms with van der Waals surface area (Å²) in [7, 11) is 2.04. The molecule has 1 aliphatic heterocycles. The van der Waals surface area contributed by atoms with Crippen LogP contribution in [0.15, 0.2) is 60.4 Å². The summed E-state index contributed by atoms with van der Waals surface area (Å²) in [6.45, 7) is 1.54. The van der Waals surface area contributed by atoms with Crippen LogP contribution in [0.25, 0.3) is 21.3 Å². The molecule has 2 aromatic heterocycles. The van der Waals surface area contributed by atoms with Gasteiger partial charge in [0, 0.05) is 52.4 Å². The summed E-state index contributed by atoms with van der Waals surface area (Å²) in [6.07, 6.45) is 0.693. The van der Waals surface area contributed by atoms with Crippen molar-refractivity contribution in [3.8, 4) is 11.3 Å². The number of alkyl halides is 3. The molecule has 0 saturated heterocycles. The number of likely N-dealkylation sites (N-methyl/N-ethyl adjacent to an activating group) is 1. The van der Waals surface area contributed by atoms with E-state index in [4.69, 9.17) is 0 Å². The lowest BCUT2D eigenvalue weighted by Crippen LogP contribution is -2.31. The van der Waals surface area contributed by atoms with Gasteiger partial charge >= 0.3 is 6.18 Å². The first kappa shape index (κ1) is 19.2. The second-order valence-electron chi connectivity index (χ2n) is 7.66. The van der Waals surface area contributed by atoms with Gasteiger partial charge in [-0.3, -0.25) is 9.97 Å². The molecule has 1 aliphatic rings. The molecule has 0 fully saturated rings. The first-order valence-corrected chi connectivity index (χ1v) is 10.4. The Kier molecular flexibility index (Phi) is 4.60. The van der Waals surface area contributed by atoms with Crippen molar-refractivity contribution in [3.05, 3.63) is 82.6 Å². The summed E-state index contributed by atoms with van der Waals surface area (Å²) in [5.74, 6) is 0.0139. The molecule has 2 aromatic carbocycles. The fraction of sp³-hybridized carbons (Fsp3) is 0.217. The van der Waals surface area contributed by atoms with Crippen molar-refractivity contribution in [1.29, 1.82) is 0 Å². The van der Waals surface area contributed by atoms with E-state index in [0.29, 0.717) is 4.70 Å². The fourth-order valence-corrected chi connectivity index (χ4v) is 5.17. The molecular formula is C23H18F3N3S. The Morgan fingerprint density at radius 2 is 1.97 bits per heavy atom. The van der Waals surface area contributed by atoms with Gasteiger partial charge in [0.05, 0.1) is 17.5 Å². The molecule has 152 valence electrons. The van der Waals surface area contributed by atoms with Crippen LogP contribution in [-0.4, -0.2) is 28.5 Å².